The lowest BCUT2D eigenvalue weighted by Crippen LogP contribution is -2.58. The van der Waals surface area contributed by atoms with E-state index < -0.39 is 12.0 Å². The number of anilines is 1. The number of rotatable bonds is 2. The van der Waals surface area contributed by atoms with Crippen molar-refractivity contribution in [2.45, 2.75) is 44.7 Å². The molecule has 2 aliphatic rings. The Morgan fingerprint density at radius 2 is 1.90 bits per heavy atom. The third-order valence-electron chi connectivity index (χ3n) is 5.94. The first-order valence-corrected chi connectivity index (χ1v) is 9.82. The van der Waals surface area contributed by atoms with Crippen molar-refractivity contribution in [3.63, 3.8) is 0 Å². The van der Waals surface area contributed by atoms with Crippen LogP contribution in [0.3, 0.4) is 0 Å². The second-order valence-corrected chi connectivity index (χ2v) is 8.01. The summed E-state index contributed by atoms with van der Waals surface area (Å²) in [4.78, 5) is 38.9. The van der Waals surface area contributed by atoms with Crippen LogP contribution >= 0.6 is 0 Å². The van der Waals surface area contributed by atoms with Crippen LogP contribution in [-0.4, -0.2) is 62.9 Å². The highest BCUT2D eigenvalue weighted by atomic mass is 16.4. The SMILES string of the molecule is C[C@@H]1CN(c2ccc3c(C4CCC(=O)NC4=O)nn(C)c3c2)C[C@H](C)N1C(=O)O. The number of amides is 3. The lowest BCUT2D eigenvalue weighted by molar-refractivity contribution is -0.134. The lowest BCUT2D eigenvalue weighted by Gasteiger charge is -2.43. The summed E-state index contributed by atoms with van der Waals surface area (Å²) >= 11 is 0. The number of fused-ring (bicyclic) bond motifs is 1. The fraction of sp³-hybridized carbons (Fsp3) is 0.500. The summed E-state index contributed by atoms with van der Waals surface area (Å²) < 4.78 is 1.76. The first-order chi connectivity index (χ1) is 13.8. The number of nitrogens with zero attached hydrogens (tertiary/aromatic N) is 4. The molecule has 1 aromatic carbocycles. The van der Waals surface area contributed by atoms with Gasteiger partial charge in [-0.15, -0.1) is 0 Å². The fourth-order valence-corrected chi connectivity index (χ4v) is 4.59. The van der Waals surface area contributed by atoms with Gasteiger partial charge in [-0.1, -0.05) is 0 Å². The molecule has 0 saturated carbocycles. The number of carbonyl (C=O) groups is 3. The van der Waals surface area contributed by atoms with Crippen molar-refractivity contribution in [1.29, 1.82) is 0 Å². The van der Waals surface area contributed by atoms with Crippen LogP contribution in [0.5, 0.6) is 0 Å². The third-order valence-corrected chi connectivity index (χ3v) is 5.94. The van der Waals surface area contributed by atoms with E-state index in [-0.39, 0.29) is 23.9 Å². The third kappa shape index (κ3) is 3.30. The van der Waals surface area contributed by atoms with Crippen LogP contribution in [-0.2, 0) is 16.6 Å². The van der Waals surface area contributed by atoms with E-state index in [2.05, 4.69) is 15.3 Å². The van der Waals surface area contributed by atoms with Gasteiger partial charge in [0.25, 0.3) is 0 Å². The maximum atomic E-state index is 12.3. The molecule has 2 saturated heterocycles. The number of benzene rings is 1. The molecule has 4 rings (SSSR count). The quantitative estimate of drug-likeness (QED) is 0.744. The molecule has 0 radical (unpaired) electrons. The van der Waals surface area contributed by atoms with Gasteiger partial charge >= 0.3 is 6.09 Å². The van der Waals surface area contributed by atoms with E-state index >= 15 is 0 Å². The van der Waals surface area contributed by atoms with E-state index in [1.54, 1.807) is 4.68 Å². The Labute approximate surface area is 168 Å². The molecule has 154 valence electrons. The van der Waals surface area contributed by atoms with E-state index in [0.717, 1.165) is 16.6 Å². The Morgan fingerprint density at radius 3 is 2.52 bits per heavy atom. The molecule has 0 bridgehead atoms. The molecule has 29 heavy (non-hydrogen) atoms. The summed E-state index contributed by atoms with van der Waals surface area (Å²) in [5, 5.41) is 17.3. The Kier molecular flexibility index (Phi) is 4.68. The normalized spacial score (nSPS) is 25.4. The number of hydrogen-bond donors (Lipinski definition) is 2. The van der Waals surface area contributed by atoms with E-state index in [0.29, 0.717) is 31.6 Å². The largest absolute Gasteiger partial charge is 0.465 e. The molecule has 1 aromatic heterocycles. The van der Waals surface area contributed by atoms with Crippen molar-refractivity contribution in [2.75, 3.05) is 18.0 Å². The number of piperazine rings is 1. The van der Waals surface area contributed by atoms with Crippen LogP contribution in [0, 0.1) is 0 Å². The molecule has 0 aliphatic carbocycles. The molecule has 3 heterocycles. The lowest BCUT2D eigenvalue weighted by atomic mass is 9.92. The monoisotopic (exact) mass is 399 g/mol. The predicted octanol–water partition coefficient (Wildman–Crippen LogP) is 1.67. The smallest absolute Gasteiger partial charge is 0.407 e. The van der Waals surface area contributed by atoms with Crippen LogP contribution in [0.1, 0.15) is 38.3 Å². The highest BCUT2D eigenvalue weighted by Gasteiger charge is 2.34. The number of aryl methyl sites for hydroxylation is 1. The number of imide groups is 1. The van der Waals surface area contributed by atoms with Crippen LogP contribution in [0.4, 0.5) is 10.5 Å². The average molecular weight is 399 g/mol. The van der Waals surface area contributed by atoms with Gasteiger partial charge in [-0.2, -0.15) is 5.10 Å². The van der Waals surface area contributed by atoms with Crippen LogP contribution in [0.25, 0.3) is 10.9 Å². The van der Waals surface area contributed by atoms with Crippen LogP contribution < -0.4 is 10.2 Å². The minimum Gasteiger partial charge on any atom is -0.465 e. The number of carboxylic acid groups (broad SMARTS) is 1. The molecule has 2 aromatic rings. The molecular weight excluding hydrogens is 374 g/mol. The first kappa shape index (κ1) is 19.2. The Bertz CT molecular complexity index is 988. The summed E-state index contributed by atoms with van der Waals surface area (Å²) in [5.41, 5.74) is 2.60. The topological polar surface area (TPSA) is 108 Å². The Hall–Kier alpha value is -3.10. The summed E-state index contributed by atoms with van der Waals surface area (Å²) in [6.07, 6.45) is -0.110. The summed E-state index contributed by atoms with van der Waals surface area (Å²) in [6.45, 7) is 5.06. The maximum absolute atomic E-state index is 12.3. The van der Waals surface area contributed by atoms with Crippen LogP contribution in [0.2, 0.25) is 0 Å². The molecular formula is C20H25N5O4. The molecule has 3 amide bonds. The van der Waals surface area contributed by atoms with Gasteiger partial charge in [0.1, 0.15) is 0 Å². The summed E-state index contributed by atoms with van der Waals surface area (Å²) in [6, 6.07) is 5.77. The summed E-state index contributed by atoms with van der Waals surface area (Å²) in [7, 11) is 1.84. The molecule has 0 spiro atoms. The Morgan fingerprint density at radius 1 is 1.21 bits per heavy atom. The second kappa shape index (κ2) is 7.06. The van der Waals surface area contributed by atoms with Crippen molar-refractivity contribution in [2.24, 2.45) is 7.05 Å². The van der Waals surface area contributed by atoms with Gasteiger partial charge in [0.2, 0.25) is 11.8 Å². The zero-order valence-corrected chi connectivity index (χ0v) is 16.8. The first-order valence-electron chi connectivity index (χ1n) is 9.82. The maximum Gasteiger partial charge on any atom is 0.407 e. The van der Waals surface area contributed by atoms with Gasteiger partial charge in [-0.05, 0) is 38.5 Å². The molecule has 2 N–H and O–H groups in total. The van der Waals surface area contributed by atoms with Crippen molar-refractivity contribution < 1.29 is 19.5 Å². The number of nitrogens with one attached hydrogen (secondary N) is 1. The van der Waals surface area contributed by atoms with Gasteiger partial charge in [-0.3, -0.25) is 24.5 Å². The van der Waals surface area contributed by atoms with Crippen molar-refractivity contribution in [3.05, 3.63) is 23.9 Å². The number of hydrogen-bond acceptors (Lipinski definition) is 5. The zero-order valence-electron chi connectivity index (χ0n) is 16.8. The highest BCUT2D eigenvalue weighted by molar-refractivity contribution is 6.02. The van der Waals surface area contributed by atoms with Crippen molar-refractivity contribution in [1.82, 2.24) is 20.0 Å². The van der Waals surface area contributed by atoms with Crippen molar-refractivity contribution in [3.8, 4) is 0 Å². The Balaban J connectivity index is 1.64. The van der Waals surface area contributed by atoms with Crippen molar-refractivity contribution >= 4 is 34.5 Å². The van der Waals surface area contributed by atoms with E-state index in [9.17, 15) is 19.5 Å². The van der Waals surface area contributed by atoms with Gasteiger partial charge in [-0.25, -0.2) is 4.79 Å². The van der Waals surface area contributed by atoms with Gasteiger partial charge in [0, 0.05) is 37.6 Å². The highest BCUT2D eigenvalue weighted by Crippen LogP contribution is 2.33. The number of aromatic nitrogens is 2. The molecule has 9 nitrogen and oxygen atoms in total. The van der Waals surface area contributed by atoms with E-state index in [1.807, 2.05) is 39.1 Å². The molecule has 2 aliphatic heterocycles. The van der Waals surface area contributed by atoms with E-state index in [4.69, 9.17) is 0 Å². The molecule has 2 fully saturated rings. The molecule has 1 unspecified atom stereocenters. The molecule has 9 heteroatoms. The number of carbonyl (C=O) groups excluding carboxylic acids is 2. The van der Waals surface area contributed by atoms with Gasteiger partial charge in [0.05, 0.1) is 29.2 Å². The van der Waals surface area contributed by atoms with Crippen LogP contribution in [0.15, 0.2) is 18.2 Å². The second-order valence-electron chi connectivity index (χ2n) is 8.01. The summed E-state index contributed by atoms with van der Waals surface area (Å²) in [5.74, 6) is -0.961. The zero-order chi connectivity index (χ0) is 20.9. The molecule has 3 atom stereocenters. The standard InChI is InChI=1S/C20H25N5O4/c1-11-9-24(10-12(2)25(11)20(28)29)13-4-5-14-16(8-13)23(3)22-18(14)15-6-7-17(26)21-19(15)27/h4-5,8,11-12,15H,6-7,9-10H2,1-3H3,(H,28,29)(H,21,26,27)/t11-,12+,15?. The van der Waals surface area contributed by atoms with Gasteiger partial charge < -0.3 is 10.0 Å². The van der Waals surface area contributed by atoms with Gasteiger partial charge in [0.15, 0.2) is 0 Å². The average Bonchev–Trinajstić information content (AvgIpc) is 2.97. The minimum absolute atomic E-state index is 0.113. The van der Waals surface area contributed by atoms with E-state index in [1.165, 1.54) is 4.90 Å². The fourth-order valence-electron chi connectivity index (χ4n) is 4.59. The minimum atomic E-state index is -0.888. The number of piperidine rings is 1. The predicted molar refractivity (Wildman–Crippen MR) is 107 cm³/mol.